The number of nitrogens with zero attached hydrogens (tertiary/aromatic N) is 4. The summed E-state index contributed by atoms with van der Waals surface area (Å²) in [6.45, 7) is 11.2. The molecule has 0 radical (unpaired) electrons. The van der Waals surface area contributed by atoms with Crippen molar-refractivity contribution in [1.82, 2.24) is 9.91 Å². The fourth-order valence-electron chi connectivity index (χ4n) is 0.713. The monoisotopic (exact) mass is 184 g/mol. The predicted octanol–water partition coefficient (Wildman–Crippen LogP) is 1.25. The summed E-state index contributed by atoms with van der Waals surface area (Å²) < 4.78 is 0. The van der Waals surface area contributed by atoms with Crippen molar-refractivity contribution in [2.45, 2.75) is 26.8 Å². The van der Waals surface area contributed by atoms with Crippen LogP contribution in [0.15, 0.2) is 10.1 Å². The normalized spacial score (nSPS) is 10.8. The standard InChI is InChI=1S/C9H20N4/c1-6-12(5)7-11-8-13(10-4)9(2)3/h7,9H,4,6,8H2,1-3,5H3/b11-7-. The zero-order valence-corrected chi connectivity index (χ0v) is 9.06. The van der Waals surface area contributed by atoms with Crippen molar-refractivity contribution >= 4 is 13.1 Å². The minimum atomic E-state index is 0.349. The molecule has 0 N–H and O–H groups in total. The SMILES string of the molecule is C=NN(C/N=C\N(C)CC)C(C)C. The summed E-state index contributed by atoms with van der Waals surface area (Å²) in [6.07, 6.45) is 1.82. The molecule has 76 valence electrons. The van der Waals surface area contributed by atoms with Gasteiger partial charge in [0.25, 0.3) is 0 Å². The van der Waals surface area contributed by atoms with Crippen LogP contribution in [0.2, 0.25) is 0 Å². The van der Waals surface area contributed by atoms with E-state index in [9.17, 15) is 0 Å². The average molecular weight is 184 g/mol. The van der Waals surface area contributed by atoms with Gasteiger partial charge in [-0.3, -0.25) is 10.0 Å². The molecule has 0 aliphatic carbocycles. The van der Waals surface area contributed by atoms with Crippen molar-refractivity contribution in [3.05, 3.63) is 0 Å². The lowest BCUT2D eigenvalue weighted by atomic mass is 10.4. The van der Waals surface area contributed by atoms with Gasteiger partial charge in [-0.2, -0.15) is 5.10 Å². The smallest absolute Gasteiger partial charge is 0.128 e. The molecule has 0 amide bonds. The van der Waals surface area contributed by atoms with E-state index in [0.717, 1.165) is 6.54 Å². The maximum Gasteiger partial charge on any atom is 0.128 e. The number of hydrogen-bond donors (Lipinski definition) is 0. The first-order valence-corrected chi connectivity index (χ1v) is 4.55. The van der Waals surface area contributed by atoms with Gasteiger partial charge in [-0.25, -0.2) is 0 Å². The van der Waals surface area contributed by atoms with Gasteiger partial charge in [0.1, 0.15) is 6.67 Å². The van der Waals surface area contributed by atoms with Gasteiger partial charge in [-0.05, 0) is 20.8 Å². The number of hydrazone groups is 1. The maximum absolute atomic E-state index is 4.23. The Morgan fingerprint density at radius 1 is 1.46 bits per heavy atom. The van der Waals surface area contributed by atoms with Crippen molar-refractivity contribution in [3.63, 3.8) is 0 Å². The van der Waals surface area contributed by atoms with Gasteiger partial charge in [0, 0.05) is 26.4 Å². The molecule has 4 heteroatoms. The van der Waals surface area contributed by atoms with E-state index in [-0.39, 0.29) is 0 Å². The second kappa shape index (κ2) is 6.46. The van der Waals surface area contributed by atoms with Crippen LogP contribution in [0.4, 0.5) is 0 Å². The molecule has 0 spiro atoms. The van der Waals surface area contributed by atoms with Gasteiger partial charge in [0.05, 0.1) is 6.34 Å². The first-order chi connectivity index (χ1) is 6.11. The van der Waals surface area contributed by atoms with Crippen LogP contribution in [0.3, 0.4) is 0 Å². The van der Waals surface area contributed by atoms with Crippen molar-refractivity contribution in [1.29, 1.82) is 0 Å². The molecule has 0 aromatic heterocycles. The lowest BCUT2D eigenvalue weighted by Crippen LogP contribution is -2.26. The molecule has 0 atom stereocenters. The Labute approximate surface area is 80.9 Å². The second-order valence-corrected chi connectivity index (χ2v) is 3.19. The van der Waals surface area contributed by atoms with Crippen molar-refractivity contribution in [3.8, 4) is 0 Å². The van der Waals surface area contributed by atoms with Crippen LogP contribution in [0, 0.1) is 0 Å². The molecule has 0 aromatic carbocycles. The van der Waals surface area contributed by atoms with E-state index < -0.39 is 0 Å². The second-order valence-electron chi connectivity index (χ2n) is 3.19. The highest BCUT2D eigenvalue weighted by Crippen LogP contribution is 1.96. The zero-order chi connectivity index (χ0) is 10.3. The number of hydrogen-bond acceptors (Lipinski definition) is 3. The van der Waals surface area contributed by atoms with E-state index in [4.69, 9.17) is 0 Å². The molecule has 0 aliphatic heterocycles. The quantitative estimate of drug-likeness (QED) is 0.353. The Bertz CT molecular complexity index is 165. The molecule has 0 aromatic rings. The molecule has 0 heterocycles. The Kier molecular flexibility index (Phi) is 5.93. The van der Waals surface area contributed by atoms with Gasteiger partial charge in [0.15, 0.2) is 0 Å². The lowest BCUT2D eigenvalue weighted by molar-refractivity contribution is 0.242. The first kappa shape index (κ1) is 11.9. The fourth-order valence-corrected chi connectivity index (χ4v) is 0.713. The van der Waals surface area contributed by atoms with Crippen LogP contribution in [0.5, 0.6) is 0 Å². The molecule has 0 saturated heterocycles. The summed E-state index contributed by atoms with van der Waals surface area (Å²) in [5.41, 5.74) is 0. The van der Waals surface area contributed by atoms with Crippen LogP contribution in [-0.4, -0.2) is 49.3 Å². The van der Waals surface area contributed by atoms with Gasteiger partial charge in [-0.15, -0.1) is 0 Å². The van der Waals surface area contributed by atoms with E-state index in [0.29, 0.717) is 12.7 Å². The van der Waals surface area contributed by atoms with Crippen LogP contribution < -0.4 is 0 Å². The summed E-state index contributed by atoms with van der Waals surface area (Å²) in [5, 5.41) is 5.69. The zero-order valence-electron chi connectivity index (χ0n) is 9.06. The van der Waals surface area contributed by atoms with E-state index in [1.54, 1.807) is 0 Å². The topological polar surface area (TPSA) is 31.2 Å². The third kappa shape index (κ3) is 5.22. The highest BCUT2D eigenvalue weighted by atomic mass is 15.5. The van der Waals surface area contributed by atoms with E-state index in [1.807, 2.05) is 23.3 Å². The Morgan fingerprint density at radius 2 is 2.08 bits per heavy atom. The molecule has 0 fully saturated rings. The minimum absolute atomic E-state index is 0.349. The largest absolute Gasteiger partial charge is 0.366 e. The third-order valence-electron chi connectivity index (χ3n) is 1.78. The molecule has 0 aliphatic rings. The van der Waals surface area contributed by atoms with Gasteiger partial charge in [-0.1, -0.05) is 0 Å². The third-order valence-corrected chi connectivity index (χ3v) is 1.78. The number of rotatable bonds is 6. The molecule has 4 nitrogen and oxygen atoms in total. The maximum atomic E-state index is 4.23. The summed E-state index contributed by atoms with van der Waals surface area (Å²) in [7, 11) is 1.99. The lowest BCUT2D eigenvalue weighted by Gasteiger charge is -2.20. The van der Waals surface area contributed by atoms with Crippen LogP contribution in [0.1, 0.15) is 20.8 Å². The summed E-state index contributed by atoms with van der Waals surface area (Å²) in [4.78, 5) is 6.24. The van der Waals surface area contributed by atoms with E-state index >= 15 is 0 Å². The first-order valence-electron chi connectivity index (χ1n) is 4.55. The minimum Gasteiger partial charge on any atom is -0.366 e. The van der Waals surface area contributed by atoms with Gasteiger partial charge in [0.2, 0.25) is 0 Å². The van der Waals surface area contributed by atoms with E-state index in [2.05, 4.69) is 37.6 Å². The fraction of sp³-hybridized carbons (Fsp3) is 0.778. The summed E-state index contributed by atoms with van der Waals surface area (Å²) >= 11 is 0. The van der Waals surface area contributed by atoms with Crippen LogP contribution in [0.25, 0.3) is 0 Å². The highest BCUT2D eigenvalue weighted by molar-refractivity contribution is 5.54. The van der Waals surface area contributed by atoms with Gasteiger partial charge < -0.3 is 4.90 Å². The average Bonchev–Trinajstić information content (AvgIpc) is 2.11. The molecule has 13 heavy (non-hydrogen) atoms. The molecule has 0 rings (SSSR count). The molecule has 0 bridgehead atoms. The Balaban J connectivity index is 3.84. The van der Waals surface area contributed by atoms with Crippen LogP contribution >= 0.6 is 0 Å². The Morgan fingerprint density at radius 3 is 2.46 bits per heavy atom. The van der Waals surface area contributed by atoms with Crippen LogP contribution in [-0.2, 0) is 0 Å². The van der Waals surface area contributed by atoms with Gasteiger partial charge >= 0.3 is 0 Å². The van der Waals surface area contributed by atoms with Crippen molar-refractivity contribution in [2.75, 3.05) is 20.3 Å². The summed E-state index contributed by atoms with van der Waals surface area (Å²) in [6, 6.07) is 0.349. The highest BCUT2D eigenvalue weighted by Gasteiger charge is 2.01. The van der Waals surface area contributed by atoms with Crippen molar-refractivity contribution < 1.29 is 0 Å². The molecule has 0 saturated carbocycles. The molecular weight excluding hydrogens is 164 g/mol. The predicted molar refractivity (Wildman–Crippen MR) is 58.2 cm³/mol. The van der Waals surface area contributed by atoms with Crippen molar-refractivity contribution in [2.24, 2.45) is 10.1 Å². The van der Waals surface area contributed by atoms with E-state index in [1.165, 1.54) is 0 Å². The Hall–Kier alpha value is -1.06. The molecule has 0 unspecified atom stereocenters. The summed E-state index contributed by atoms with van der Waals surface area (Å²) in [5.74, 6) is 0. The number of aliphatic imine (C=N–C) groups is 1. The molecular formula is C9H20N4.